The normalized spacial score (nSPS) is 12.9. The minimum atomic E-state index is -1.12. The molecule has 0 radical (unpaired) electrons. The van der Waals surface area contributed by atoms with E-state index in [0.29, 0.717) is 5.69 Å². The van der Waals surface area contributed by atoms with Crippen molar-refractivity contribution < 1.29 is 14.7 Å². The van der Waals surface area contributed by atoms with Crippen molar-refractivity contribution >= 4 is 17.6 Å². The van der Waals surface area contributed by atoms with Crippen molar-refractivity contribution in [3.63, 3.8) is 0 Å². The fourth-order valence-corrected chi connectivity index (χ4v) is 1.68. The smallest absolute Gasteiger partial charge is 0.316 e. The van der Waals surface area contributed by atoms with Crippen molar-refractivity contribution in [1.29, 1.82) is 0 Å². The molecule has 98 valence electrons. The summed E-state index contributed by atoms with van der Waals surface area (Å²) in [7, 11) is 0. The number of rotatable bonds is 3. The fourth-order valence-electron chi connectivity index (χ4n) is 1.68. The van der Waals surface area contributed by atoms with Gasteiger partial charge in [0, 0.05) is 6.20 Å². The van der Waals surface area contributed by atoms with Gasteiger partial charge in [-0.1, -0.05) is 20.8 Å². The van der Waals surface area contributed by atoms with Crippen LogP contribution in [0, 0.1) is 18.3 Å². The number of carbonyl (C=O) groups is 2. The van der Waals surface area contributed by atoms with Crippen LogP contribution in [0.4, 0.5) is 5.69 Å². The molecule has 1 amide bonds. The monoisotopic (exact) mass is 250 g/mol. The predicted octanol–water partition coefficient (Wildman–Crippen LogP) is 2.08. The van der Waals surface area contributed by atoms with E-state index < -0.39 is 23.2 Å². The highest BCUT2D eigenvalue weighted by Crippen LogP contribution is 2.27. The number of carboxylic acids is 1. The Morgan fingerprint density at radius 1 is 1.39 bits per heavy atom. The van der Waals surface area contributed by atoms with E-state index in [2.05, 4.69) is 10.3 Å². The van der Waals surface area contributed by atoms with Crippen LogP contribution in [-0.2, 0) is 9.59 Å². The SMILES string of the molecule is Cc1ccncc1NC(=O)C(C(=O)O)C(C)(C)C. The summed E-state index contributed by atoms with van der Waals surface area (Å²) in [6.45, 7) is 6.99. The number of amides is 1. The van der Waals surface area contributed by atoms with Crippen molar-refractivity contribution in [3.05, 3.63) is 24.0 Å². The van der Waals surface area contributed by atoms with E-state index in [9.17, 15) is 9.59 Å². The summed E-state index contributed by atoms with van der Waals surface area (Å²) in [5.74, 6) is -2.75. The molecule has 0 saturated carbocycles. The lowest BCUT2D eigenvalue weighted by atomic mass is 9.80. The molecule has 1 atom stereocenters. The number of aliphatic carboxylic acids is 1. The molecule has 1 unspecified atom stereocenters. The first kappa shape index (κ1) is 14.2. The minimum absolute atomic E-state index is 0.522. The summed E-state index contributed by atoms with van der Waals surface area (Å²) in [5, 5.41) is 11.8. The topological polar surface area (TPSA) is 79.3 Å². The Balaban J connectivity index is 2.94. The predicted molar refractivity (Wildman–Crippen MR) is 68.2 cm³/mol. The summed E-state index contributed by atoms with van der Waals surface area (Å²) in [4.78, 5) is 27.1. The third-order valence-corrected chi connectivity index (χ3v) is 2.67. The van der Waals surface area contributed by atoms with E-state index in [4.69, 9.17) is 5.11 Å². The summed E-state index contributed by atoms with van der Waals surface area (Å²) >= 11 is 0. The van der Waals surface area contributed by atoms with Crippen LogP contribution < -0.4 is 5.32 Å². The molecule has 0 aliphatic carbocycles. The van der Waals surface area contributed by atoms with Gasteiger partial charge in [-0.2, -0.15) is 0 Å². The first-order valence-electron chi connectivity index (χ1n) is 5.67. The van der Waals surface area contributed by atoms with Crippen LogP contribution in [0.25, 0.3) is 0 Å². The average Bonchev–Trinajstić information content (AvgIpc) is 2.18. The highest BCUT2D eigenvalue weighted by atomic mass is 16.4. The van der Waals surface area contributed by atoms with Crippen LogP contribution in [0.5, 0.6) is 0 Å². The van der Waals surface area contributed by atoms with Gasteiger partial charge in [0.1, 0.15) is 5.92 Å². The number of aryl methyl sites for hydroxylation is 1. The van der Waals surface area contributed by atoms with Crippen molar-refractivity contribution in [3.8, 4) is 0 Å². The second-order valence-electron chi connectivity index (χ2n) is 5.32. The molecule has 5 heteroatoms. The fraction of sp³-hybridized carbons (Fsp3) is 0.462. The minimum Gasteiger partial charge on any atom is -0.481 e. The zero-order chi connectivity index (χ0) is 13.9. The molecule has 0 fully saturated rings. The lowest BCUT2D eigenvalue weighted by molar-refractivity contribution is -0.149. The Morgan fingerprint density at radius 3 is 2.44 bits per heavy atom. The van der Waals surface area contributed by atoms with E-state index in [1.165, 1.54) is 6.20 Å². The maximum absolute atomic E-state index is 12.0. The number of hydrogen-bond acceptors (Lipinski definition) is 3. The van der Waals surface area contributed by atoms with Gasteiger partial charge in [-0.05, 0) is 24.0 Å². The number of pyridine rings is 1. The molecule has 2 N–H and O–H groups in total. The number of nitrogens with one attached hydrogen (secondary N) is 1. The van der Waals surface area contributed by atoms with Crippen LogP contribution in [0.3, 0.4) is 0 Å². The maximum atomic E-state index is 12.0. The number of hydrogen-bond donors (Lipinski definition) is 2. The van der Waals surface area contributed by atoms with Gasteiger partial charge in [0.15, 0.2) is 0 Å². The van der Waals surface area contributed by atoms with Crippen LogP contribution >= 0.6 is 0 Å². The average molecular weight is 250 g/mol. The first-order chi connectivity index (χ1) is 8.23. The number of nitrogens with zero attached hydrogens (tertiary/aromatic N) is 1. The molecule has 18 heavy (non-hydrogen) atoms. The molecule has 1 rings (SSSR count). The van der Waals surface area contributed by atoms with Crippen LogP contribution in [0.2, 0.25) is 0 Å². The van der Waals surface area contributed by atoms with E-state index in [0.717, 1.165) is 5.56 Å². The highest BCUT2D eigenvalue weighted by Gasteiger charge is 2.37. The number of aromatic nitrogens is 1. The van der Waals surface area contributed by atoms with Crippen molar-refractivity contribution in [2.24, 2.45) is 11.3 Å². The summed E-state index contributed by atoms with van der Waals surface area (Å²) < 4.78 is 0. The Bertz CT molecular complexity index is 464. The molecule has 1 aromatic heterocycles. The maximum Gasteiger partial charge on any atom is 0.316 e. The van der Waals surface area contributed by atoms with E-state index in [1.807, 2.05) is 6.92 Å². The summed E-state index contributed by atoms with van der Waals surface area (Å²) in [6.07, 6.45) is 3.12. The van der Waals surface area contributed by atoms with Gasteiger partial charge in [-0.15, -0.1) is 0 Å². The number of anilines is 1. The van der Waals surface area contributed by atoms with Gasteiger partial charge in [0.25, 0.3) is 0 Å². The van der Waals surface area contributed by atoms with Crippen molar-refractivity contribution in [2.75, 3.05) is 5.32 Å². The summed E-state index contributed by atoms with van der Waals surface area (Å²) in [5.41, 5.74) is 0.737. The Hall–Kier alpha value is -1.91. The second kappa shape index (κ2) is 5.16. The van der Waals surface area contributed by atoms with Crippen LogP contribution in [0.1, 0.15) is 26.3 Å². The standard InChI is InChI=1S/C13H18N2O3/c1-8-5-6-14-7-9(8)15-11(16)10(12(17)18)13(2,3)4/h5-7,10H,1-4H3,(H,15,16)(H,17,18). The third-order valence-electron chi connectivity index (χ3n) is 2.67. The molecule has 1 aromatic rings. The van der Waals surface area contributed by atoms with Crippen LogP contribution in [-0.4, -0.2) is 22.0 Å². The highest BCUT2D eigenvalue weighted by molar-refractivity contribution is 6.05. The number of carbonyl (C=O) groups excluding carboxylic acids is 1. The number of carboxylic acid groups (broad SMARTS) is 1. The third kappa shape index (κ3) is 3.29. The summed E-state index contributed by atoms with van der Waals surface area (Å²) in [6, 6.07) is 1.75. The van der Waals surface area contributed by atoms with Crippen molar-refractivity contribution in [2.45, 2.75) is 27.7 Å². The molecule has 0 aliphatic rings. The van der Waals surface area contributed by atoms with E-state index in [-0.39, 0.29) is 0 Å². The quantitative estimate of drug-likeness (QED) is 0.805. The Morgan fingerprint density at radius 2 is 2.00 bits per heavy atom. The molecule has 0 saturated heterocycles. The lowest BCUT2D eigenvalue weighted by Crippen LogP contribution is -2.39. The van der Waals surface area contributed by atoms with Gasteiger partial charge in [0.2, 0.25) is 5.91 Å². The lowest BCUT2D eigenvalue weighted by Gasteiger charge is -2.26. The largest absolute Gasteiger partial charge is 0.481 e. The molecular formula is C13H18N2O3. The first-order valence-corrected chi connectivity index (χ1v) is 5.67. The molecule has 0 aromatic carbocycles. The molecule has 5 nitrogen and oxygen atoms in total. The zero-order valence-electron chi connectivity index (χ0n) is 11.0. The van der Waals surface area contributed by atoms with Crippen molar-refractivity contribution in [1.82, 2.24) is 4.98 Å². The molecule has 0 spiro atoms. The van der Waals surface area contributed by atoms with Gasteiger partial charge >= 0.3 is 5.97 Å². The van der Waals surface area contributed by atoms with Gasteiger partial charge in [-0.25, -0.2) is 0 Å². The Labute approximate surface area is 106 Å². The molecule has 1 heterocycles. The molecular weight excluding hydrogens is 232 g/mol. The van der Waals surface area contributed by atoms with E-state index in [1.54, 1.807) is 33.0 Å². The Kier molecular flexibility index (Phi) is 4.06. The van der Waals surface area contributed by atoms with Gasteiger partial charge < -0.3 is 10.4 Å². The van der Waals surface area contributed by atoms with Gasteiger partial charge in [-0.3, -0.25) is 14.6 Å². The van der Waals surface area contributed by atoms with Gasteiger partial charge in [0.05, 0.1) is 11.9 Å². The van der Waals surface area contributed by atoms with Crippen LogP contribution in [0.15, 0.2) is 18.5 Å². The zero-order valence-corrected chi connectivity index (χ0v) is 11.0. The second-order valence-corrected chi connectivity index (χ2v) is 5.32. The van der Waals surface area contributed by atoms with E-state index >= 15 is 0 Å². The molecule has 0 bridgehead atoms. The molecule has 0 aliphatic heterocycles.